The number of esters is 3. The Balaban J connectivity index is 4.50. The minimum absolute atomic E-state index is 0.106. The molecule has 0 spiro atoms. The Morgan fingerprint density at radius 1 is 0.324 bits per heavy atom. The smallest absolute Gasteiger partial charge is 0.306 e. The van der Waals surface area contributed by atoms with E-state index in [1.54, 1.807) is 0 Å². The monoisotopic (exact) mass is 941 g/mol. The van der Waals surface area contributed by atoms with Crippen LogP contribution in [0.5, 0.6) is 0 Å². The molecule has 0 aromatic carbocycles. The maximum Gasteiger partial charge on any atom is 0.306 e. The first-order valence-corrected chi connectivity index (χ1v) is 27.6. The lowest BCUT2D eigenvalue weighted by atomic mass is 10.1. The molecule has 6 heteroatoms. The van der Waals surface area contributed by atoms with Crippen molar-refractivity contribution in [3.63, 3.8) is 0 Å². The maximum absolute atomic E-state index is 12.8. The van der Waals surface area contributed by atoms with Crippen molar-refractivity contribution in [1.82, 2.24) is 0 Å². The van der Waals surface area contributed by atoms with Crippen molar-refractivity contribution >= 4 is 17.9 Å². The zero-order valence-electron chi connectivity index (χ0n) is 43.8. The zero-order valence-corrected chi connectivity index (χ0v) is 43.8. The van der Waals surface area contributed by atoms with Crippen LogP contribution < -0.4 is 0 Å². The molecule has 0 radical (unpaired) electrons. The molecule has 0 N–H and O–H groups in total. The van der Waals surface area contributed by atoms with Gasteiger partial charge in [-0.05, 0) is 103 Å². The second-order valence-corrected chi connectivity index (χ2v) is 17.8. The third kappa shape index (κ3) is 52.8. The molecule has 0 heterocycles. The molecule has 0 aliphatic carbocycles. The summed E-state index contributed by atoms with van der Waals surface area (Å²) in [4.78, 5) is 38.1. The highest BCUT2D eigenvalue weighted by molar-refractivity contribution is 5.71. The van der Waals surface area contributed by atoms with Crippen molar-refractivity contribution in [1.29, 1.82) is 0 Å². The molecule has 0 saturated heterocycles. The number of hydrogen-bond acceptors (Lipinski definition) is 6. The molecule has 0 aromatic rings. The van der Waals surface area contributed by atoms with Gasteiger partial charge in [-0.15, -0.1) is 0 Å². The van der Waals surface area contributed by atoms with Crippen LogP contribution in [-0.2, 0) is 28.6 Å². The van der Waals surface area contributed by atoms with Crippen LogP contribution in [0.3, 0.4) is 0 Å². The molecule has 0 aliphatic rings. The summed E-state index contributed by atoms with van der Waals surface area (Å²) in [5, 5.41) is 0. The number of unbranched alkanes of at least 4 members (excludes halogenated alkanes) is 21. The highest BCUT2D eigenvalue weighted by Crippen LogP contribution is 2.14. The molecular formula is C62H100O6. The van der Waals surface area contributed by atoms with E-state index in [0.29, 0.717) is 19.3 Å². The number of ether oxygens (including phenoxy) is 3. The standard InChI is InChI=1S/C62H100O6/c1-4-7-10-13-16-19-22-25-28-30-31-32-35-37-40-43-46-49-52-55-61(64)67-58-59(57-66-60(63)54-51-48-45-42-39-36-33-27-24-21-18-15-12-9-6-3)68-62(65)56-53-50-47-44-41-38-34-29-26-23-20-17-14-11-8-5-2/h7,9-10,12,15-16,18-19,21,24-25,27-29,31-34,36,39,59H,4-6,8,11,13-14,17,20,22-23,26,30,35,37-38,40-58H2,1-3H3/b10-7-,12-9-,18-15-,19-16-,24-21-,28-25-,32-31-,33-27-,34-29-,39-36-. The van der Waals surface area contributed by atoms with Gasteiger partial charge < -0.3 is 14.2 Å². The number of rotatable bonds is 48. The van der Waals surface area contributed by atoms with Gasteiger partial charge in [-0.25, -0.2) is 0 Å². The Kier molecular flexibility index (Phi) is 52.0. The van der Waals surface area contributed by atoms with Gasteiger partial charge >= 0.3 is 17.9 Å². The van der Waals surface area contributed by atoms with Crippen LogP contribution in [-0.4, -0.2) is 37.2 Å². The van der Waals surface area contributed by atoms with Crippen molar-refractivity contribution in [3.05, 3.63) is 122 Å². The summed E-state index contributed by atoms with van der Waals surface area (Å²) < 4.78 is 16.8. The topological polar surface area (TPSA) is 78.9 Å². The molecule has 0 rings (SSSR count). The van der Waals surface area contributed by atoms with Gasteiger partial charge in [-0.3, -0.25) is 14.4 Å². The fourth-order valence-corrected chi connectivity index (χ4v) is 7.21. The van der Waals surface area contributed by atoms with Crippen LogP contribution >= 0.6 is 0 Å². The molecule has 1 atom stereocenters. The van der Waals surface area contributed by atoms with Crippen LogP contribution in [0.1, 0.15) is 233 Å². The van der Waals surface area contributed by atoms with E-state index in [0.717, 1.165) is 122 Å². The van der Waals surface area contributed by atoms with Gasteiger partial charge in [0.2, 0.25) is 0 Å². The van der Waals surface area contributed by atoms with E-state index >= 15 is 0 Å². The number of hydrogen-bond donors (Lipinski definition) is 0. The summed E-state index contributed by atoms with van der Waals surface area (Å²) in [6, 6.07) is 0. The second kappa shape index (κ2) is 55.4. The Hall–Kier alpha value is -4.19. The Morgan fingerprint density at radius 2 is 0.647 bits per heavy atom. The van der Waals surface area contributed by atoms with E-state index in [4.69, 9.17) is 14.2 Å². The summed E-state index contributed by atoms with van der Waals surface area (Å²) in [6.07, 6.45) is 76.1. The molecule has 1 unspecified atom stereocenters. The summed E-state index contributed by atoms with van der Waals surface area (Å²) in [6.45, 7) is 6.32. The third-order valence-corrected chi connectivity index (χ3v) is 11.3. The highest BCUT2D eigenvalue weighted by atomic mass is 16.6. The largest absolute Gasteiger partial charge is 0.462 e. The van der Waals surface area contributed by atoms with Gasteiger partial charge in [-0.1, -0.05) is 232 Å². The van der Waals surface area contributed by atoms with Crippen LogP contribution in [0.15, 0.2) is 122 Å². The van der Waals surface area contributed by atoms with Crippen molar-refractivity contribution < 1.29 is 28.6 Å². The number of carbonyl (C=O) groups excluding carboxylic acids is 3. The normalized spacial score (nSPS) is 13.0. The van der Waals surface area contributed by atoms with E-state index in [1.807, 2.05) is 48.6 Å². The molecule has 6 nitrogen and oxygen atoms in total. The van der Waals surface area contributed by atoms with Gasteiger partial charge in [0.1, 0.15) is 13.2 Å². The quantitative estimate of drug-likeness (QED) is 0.0199. The van der Waals surface area contributed by atoms with Gasteiger partial charge in [0.05, 0.1) is 0 Å². The molecule has 0 bridgehead atoms. The third-order valence-electron chi connectivity index (χ3n) is 11.3. The number of carbonyl (C=O) groups is 3. The van der Waals surface area contributed by atoms with E-state index in [1.165, 1.54) is 70.6 Å². The molecule has 0 saturated carbocycles. The van der Waals surface area contributed by atoms with E-state index in [2.05, 4.69) is 93.7 Å². The molecule has 0 fully saturated rings. The summed E-state index contributed by atoms with van der Waals surface area (Å²) in [5.74, 6) is -0.973. The van der Waals surface area contributed by atoms with Crippen molar-refractivity contribution in [2.75, 3.05) is 13.2 Å². The lowest BCUT2D eigenvalue weighted by Gasteiger charge is -2.18. The van der Waals surface area contributed by atoms with Gasteiger partial charge in [-0.2, -0.15) is 0 Å². The van der Waals surface area contributed by atoms with Crippen LogP contribution in [0.4, 0.5) is 0 Å². The fraction of sp³-hybridized carbons (Fsp3) is 0.629. The van der Waals surface area contributed by atoms with Crippen molar-refractivity contribution in [3.8, 4) is 0 Å². The maximum atomic E-state index is 12.8. The first-order valence-electron chi connectivity index (χ1n) is 27.6. The van der Waals surface area contributed by atoms with Crippen molar-refractivity contribution in [2.24, 2.45) is 0 Å². The minimum atomic E-state index is -0.810. The van der Waals surface area contributed by atoms with Gasteiger partial charge in [0.15, 0.2) is 6.10 Å². The predicted molar refractivity (Wildman–Crippen MR) is 293 cm³/mol. The minimum Gasteiger partial charge on any atom is -0.462 e. The Bertz CT molecular complexity index is 1450. The molecule has 0 amide bonds. The SMILES string of the molecule is CC\C=C/C=C\C=C/C=C\C=C/CCCCCC(=O)OCC(COC(=O)CCCCCCCC/C=C\C/C=C\C/C=C\C/C=C\CC)OC(=O)CCCCCCC/C=C\CCCCCCCCC. The van der Waals surface area contributed by atoms with Crippen LogP contribution in [0.2, 0.25) is 0 Å². The first-order chi connectivity index (χ1) is 33.5. The Morgan fingerprint density at radius 3 is 1.10 bits per heavy atom. The molecule has 0 aromatic heterocycles. The van der Waals surface area contributed by atoms with Crippen LogP contribution in [0, 0.1) is 0 Å². The van der Waals surface area contributed by atoms with Crippen molar-refractivity contribution in [2.45, 2.75) is 239 Å². The molecular weight excluding hydrogens is 841 g/mol. The van der Waals surface area contributed by atoms with Gasteiger partial charge in [0, 0.05) is 19.3 Å². The second-order valence-electron chi connectivity index (χ2n) is 17.8. The average Bonchev–Trinajstić information content (AvgIpc) is 3.34. The first kappa shape index (κ1) is 63.8. The number of allylic oxidation sites excluding steroid dienone is 20. The fourth-order valence-electron chi connectivity index (χ4n) is 7.21. The summed E-state index contributed by atoms with van der Waals surface area (Å²) in [5.41, 5.74) is 0. The lowest BCUT2D eigenvalue weighted by molar-refractivity contribution is -0.167. The molecule has 384 valence electrons. The van der Waals surface area contributed by atoms with E-state index in [9.17, 15) is 14.4 Å². The summed E-state index contributed by atoms with van der Waals surface area (Å²) >= 11 is 0. The zero-order chi connectivity index (χ0) is 49.3. The summed E-state index contributed by atoms with van der Waals surface area (Å²) in [7, 11) is 0. The Labute approximate surface area is 418 Å². The lowest BCUT2D eigenvalue weighted by Crippen LogP contribution is -2.30. The highest BCUT2D eigenvalue weighted by Gasteiger charge is 2.19. The molecule has 0 aliphatic heterocycles. The average molecular weight is 941 g/mol. The van der Waals surface area contributed by atoms with E-state index in [-0.39, 0.29) is 31.1 Å². The molecule has 68 heavy (non-hydrogen) atoms. The van der Waals surface area contributed by atoms with Crippen LogP contribution in [0.25, 0.3) is 0 Å². The predicted octanol–water partition coefficient (Wildman–Crippen LogP) is 18.5. The van der Waals surface area contributed by atoms with Gasteiger partial charge in [0.25, 0.3) is 0 Å². The van der Waals surface area contributed by atoms with E-state index < -0.39 is 6.10 Å².